The zero-order valence-corrected chi connectivity index (χ0v) is 9.21. The largest absolute Gasteiger partial charge is 0.477 e. The third-order valence-electron chi connectivity index (χ3n) is 2.19. The Balaban J connectivity index is 2.52. The molecule has 2 aromatic rings. The maximum atomic E-state index is 10.8. The molecule has 5 heteroatoms. The number of nitrogens with zero attached hydrogens (tertiary/aromatic N) is 2. The highest BCUT2D eigenvalue weighted by atomic mass is 32.1. The van der Waals surface area contributed by atoms with Gasteiger partial charge in [0.05, 0.1) is 4.88 Å². The Morgan fingerprint density at radius 1 is 1.60 bits per heavy atom. The molecule has 0 bridgehead atoms. The molecule has 0 saturated heterocycles. The maximum absolute atomic E-state index is 10.8. The van der Waals surface area contributed by atoms with Crippen molar-refractivity contribution in [2.45, 2.75) is 6.92 Å². The fraction of sp³-hybridized carbons (Fsp3) is 0.200. The Kier molecular flexibility index (Phi) is 2.32. The molecule has 0 aromatic carbocycles. The zero-order chi connectivity index (χ0) is 11.0. The fourth-order valence-electron chi connectivity index (χ4n) is 1.41. The minimum absolute atomic E-state index is 0.206. The lowest BCUT2D eigenvalue weighted by Gasteiger charge is -1.92. The van der Waals surface area contributed by atoms with Crippen molar-refractivity contribution in [3.8, 4) is 10.6 Å². The number of carbonyl (C=O) groups is 1. The third kappa shape index (κ3) is 1.66. The van der Waals surface area contributed by atoms with Crippen LogP contribution in [0.15, 0.2) is 17.5 Å². The van der Waals surface area contributed by atoms with Crippen LogP contribution in [0, 0.1) is 6.92 Å². The van der Waals surface area contributed by atoms with E-state index in [-0.39, 0.29) is 5.69 Å². The van der Waals surface area contributed by atoms with Crippen molar-refractivity contribution in [1.29, 1.82) is 0 Å². The van der Waals surface area contributed by atoms with Crippen LogP contribution in [-0.4, -0.2) is 20.9 Å². The average Bonchev–Trinajstić information content (AvgIpc) is 2.71. The highest BCUT2D eigenvalue weighted by Gasteiger charge is 2.14. The van der Waals surface area contributed by atoms with E-state index in [1.165, 1.54) is 4.68 Å². The molecule has 0 atom stereocenters. The van der Waals surface area contributed by atoms with Gasteiger partial charge in [-0.3, -0.25) is 4.68 Å². The predicted molar refractivity (Wildman–Crippen MR) is 58.2 cm³/mol. The molecule has 15 heavy (non-hydrogen) atoms. The number of hydrogen-bond acceptors (Lipinski definition) is 3. The summed E-state index contributed by atoms with van der Waals surface area (Å²) in [5, 5.41) is 15.0. The van der Waals surface area contributed by atoms with E-state index >= 15 is 0 Å². The van der Waals surface area contributed by atoms with Gasteiger partial charge in [0, 0.05) is 7.05 Å². The summed E-state index contributed by atoms with van der Waals surface area (Å²) in [6, 6.07) is 3.59. The topological polar surface area (TPSA) is 55.1 Å². The normalized spacial score (nSPS) is 10.5. The van der Waals surface area contributed by atoms with Crippen molar-refractivity contribution >= 4 is 17.3 Å². The molecule has 0 amide bonds. The Morgan fingerprint density at radius 3 is 2.80 bits per heavy atom. The van der Waals surface area contributed by atoms with Gasteiger partial charge in [-0.25, -0.2) is 4.79 Å². The van der Waals surface area contributed by atoms with Crippen molar-refractivity contribution in [1.82, 2.24) is 9.78 Å². The van der Waals surface area contributed by atoms with Crippen LogP contribution in [0.25, 0.3) is 10.6 Å². The molecule has 2 heterocycles. The van der Waals surface area contributed by atoms with Crippen LogP contribution in [-0.2, 0) is 7.05 Å². The van der Waals surface area contributed by atoms with E-state index in [1.54, 1.807) is 24.5 Å². The standard InChI is InChI=1S/C10H10N2O2S/c1-6-3-4-15-9(6)7-5-8(10(13)14)12(2)11-7/h3-5H,1-2H3,(H,13,14). The number of rotatable bonds is 2. The van der Waals surface area contributed by atoms with Crippen molar-refractivity contribution in [2.24, 2.45) is 7.05 Å². The Bertz CT molecular complexity index is 513. The van der Waals surface area contributed by atoms with Gasteiger partial charge in [0.25, 0.3) is 0 Å². The van der Waals surface area contributed by atoms with E-state index in [0.717, 1.165) is 16.1 Å². The summed E-state index contributed by atoms with van der Waals surface area (Å²) in [5.41, 5.74) is 2.05. The highest BCUT2D eigenvalue weighted by molar-refractivity contribution is 7.13. The van der Waals surface area contributed by atoms with Crippen LogP contribution in [0.2, 0.25) is 0 Å². The number of aromatic carboxylic acids is 1. The molecule has 0 saturated carbocycles. The molecule has 78 valence electrons. The van der Waals surface area contributed by atoms with Crippen LogP contribution in [0.1, 0.15) is 16.1 Å². The molecular weight excluding hydrogens is 212 g/mol. The highest BCUT2D eigenvalue weighted by Crippen LogP contribution is 2.28. The van der Waals surface area contributed by atoms with E-state index in [2.05, 4.69) is 5.10 Å². The van der Waals surface area contributed by atoms with Gasteiger partial charge in [0.2, 0.25) is 0 Å². The third-order valence-corrected chi connectivity index (χ3v) is 3.23. The molecule has 0 aliphatic carbocycles. The molecule has 1 N–H and O–H groups in total. The molecule has 0 aliphatic rings. The molecule has 0 spiro atoms. The van der Waals surface area contributed by atoms with Gasteiger partial charge in [0.15, 0.2) is 0 Å². The molecule has 4 nitrogen and oxygen atoms in total. The summed E-state index contributed by atoms with van der Waals surface area (Å²) in [5.74, 6) is -0.953. The Morgan fingerprint density at radius 2 is 2.33 bits per heavy atom. The fourth-order valence-corrected chi connectivity index (χ4v) is 2.30. The number of aryl methyl sites for hydroxylation is 2. The Labute approximate surface area is 90.8 Å². The average molecular weight is 222 g/mol. The lowest BCUT2D eigenvalue weighted by atomic mass is 10.2. The number of hydrogen-bond donors (Lipinski definition) is 1. The van der Waals surface area contributed by atoms with E-state index in [9.17, 15) is 4.79 Å². The number of carboxylic acids is 1. The van der Waals surface area contributed by atoms with Gasteiger partial charge < -0.3 is 5.11 Å². The molecule has 0 aliphatic heterocycles. The molecule has 0 unspecified atom stereocenters. The molecule has 2 aromatic heterocycles. The molecule has 2 rings (SSSR count). The van der Waals surface area contributed by atoms with Crippen molar-refractivity contribution in [2.75, 3.05) is 0 Å². The number of aromatic nitrogens is 2. The van der Waals surface area contributed by atoms with Gasteiger partial charge in [-0.1, -0.05) is 0 Å². The minimum atomic E-state index is -0.953. The monoisotopic (exact) mass is 222 g/mol. The van der Waals surface area contributed by atoms with Crippen molar-refractivity contribution in [3.05, 3.63) is 28.8 Å². The van der Waals surface area contributed by atoms with Crippen LogP contribution in [0.3, 0.4) is 0 Å². The van der Waals surface area contributed by atoms with Gasteiger partial charge in [0.1, 0.15) is 11.4 Å². The van der Waals surface area contributed by atoms with E-state index < -0.39 is 5.97 Å². The Hall–Kier alpha value is -1.62. The quantitative estimate of drug-likeness (QED) is 0.847. The second-order valence-corrected chi connectivity index (χ2v) is 4.19. The molecule has 0 radical (unpaired) electrons. The first-order valence-electron chi connectivity index (χ1n) is 4.41. The van der Waals surface area contributed by atoms with Gasteiger partial charge in [-0.2, -0.15) is 5.10 Å². The summed E-state index contributed by atoms with van der Waals surface area (Å²) in [6.07, 6.45) is 0. The van der Waals surface area contributed by atoms with E-state index in [1.807, 2.05) is 18.4 Å². The maximum Gasteiger partial charge on any atom is 0.354 e. The van der Waals surface area contributed by atoms with Crippen molar-refractivity contribution < 1.29 is 9.90 Å². The van der Waals surface area contributed by atoms with Crippen LogP contribution < -0.4 is 0 Å². The minimum Gasteiger partial charge on any atom is -0.477 e. The number of thiophene rings is 1. The number of carboxylic acid groups (broad SMARTS) is 1. The SMILES string of the molecule is Cc1ccsc1-c1cc(C(=O)O)n(C)n1. The zero-order valence-electron chi connectivity index (χ0n) is 8.39. The second kappa shape index (κ2) is 3.51. The first-order valence-corrected chi connectivity index (χ1v) is 5.29. The smallest absolute Gasteiger partial charge is 0.354 e. The van der Waals surface area contributed by atoms with E-state index in [4.69, 9.17) is 5.11 Å². The van der Waals surface area contributed by atoms with Gasteiger partial charge in [-0.05, 0) is 30.0 Å². The molecule has 0 fully saturated rings. The lowest BCUT2D eigenvalue weighted by Crippen LogP contribution is -2.04. The summed E-state index contributed by atoms with van der Waals surface area (Å²) in [7, 11) is 1.63. The predicted octanol–water partition coefficient (Wildman–Crippen LogP) is 2.16. The summed E-state index contributed by atoms with van der Waals surface area (Å²) in [4.78, 5) is 11.9. The van der Waals surface area contributed by atoms with Crippen molar-refractivity contribution in [3.63, 3.8) is 0 Å². The first-order chi connectivity index (χ1) is 7.09. The van der Waals surface area contributed by atoms with E-state index in [0.29, 0.717) is 0 Å². The lowest BCUT2D eigenvalue weighted by molar-refractivity contribution is 0.0685. The van der Waals surface area contributed by atoms with Crippen LogP contribution in [0.4, 0.5) is 0 Å². The molecular formula is C10H10N2O2S. The summed E-state index contributed by atoms with van der Waals surface area (Å²) in [6.45, 7) is 1.99. The van der Waals surface area contributed by atoms with Gasteiger partial charge >= 0.3 is 5.97 Å². The van der Waals surface area contributed by atoms with Crippen LogP contribution >= 0.6 is 11.3 Å². The van der Waals surface area contributed by atoms with Gasteiger partial charge in [-0.15, -0.1) is 11.3 Å². The second-order valence-electron chi connectivity index (χ2n) is 3.28. The first kappa shape index (κ1) is 9.92. The summed E-state index contributed by atoms with van der Waals surface area (Å²) >= 11 is 1.57. The van der Waals surface area contributed by atoms with Crippen LogP contribution in [0.5, 0.6) is 0 Å². The summed E-state index contributed by atoms with van der Waals surface area (Å²) < 4.78 is 1.39.